The zero-order valence-electron chi connectivity index (χ0n) is 19.3. The molecule has 7 N–H and O–H groups in total. The van der Waals surface area contributed by atoms with Crippen molar-refractivity contribution in [1.29, 1.82) is 0 Å². The van der Waals surface area contributed by atoms with Crippen molar-refractivity contribution in [2.24, 2.45) is 17.6 Å². The van der Waals surface area contributed by atoms with Crippen molar-refractivity contribution >= 4 is 74.8 Å². The zero-order valence-corrected chi connectivity index (χ0v) is 23.6. The molecular formula is C20H34I2N4O7. The molecule has 11 nitrogen and oxygen atoms in total. The first kappa shape index (κ1) is 31.8. The summed E-state index contributed by atoms with van der Waals surface area (Å²) >= 11 is 3.84. The number of hydrogen-bond donors (Lipinski definition) is 6. The minimum Gasteiger partial charge on any atom is -0.481 e. The molecule has 6 atom stereocenters. The van der Waals surface area contributed by atoms with Crippen molar-refractivity contribution in [2.45, 2.75) is 79.5 Å². The Labute approximate surface area is 221 Å². The summed E-state index contributed by atoms with van der Waals surface area (Å²) in [7, 11) is 0. The molecule has 0 aromatic carbocycles. The second-order valence-electron chi connectivity index (χ2n) is 8.59. The van der Waals surface area contributed by atoms with Gasteiger partial charge in [-0.15, -0.1) is 0 Å². The minimum atomic E-state index is -1.65. The zero-order chi connectivity index (χ0) is 26.0. The molecule has 190 valence electrons. The van der Waals surface area contributed by atoms with Gasteiger partial charge in [0.25, 0.3) is 0 Å². The first-order valence-electron chi connectivity index (χ1n) is 10.5. The Morgan fingerprint density at radius 2 is 1.30 bits per heavy atom. The van der Waals surface area contributed by atoms with Crippen molar-refractivity contribution in [3.8, 4) is 0 Å². The van der Waals surface area contributed by atoms with Gasteiger partial charge in [-0.3, -0.25) is 19.2 Å². The lowest BCUT2D eigenvalue weighted by Gasteiger charge is -2.28. The highest BCUT2D eigenvalue weighted by Gasteiger charge is 2.34. The Kier molecular flexibility index (Phi) is 14.4. The van der Waals surface area contributed by atoms with E-state index in [-0.39, 0.29) is 5.92 Å². The van der Waals surface area contributed by atoms with Crippen LogP contribution in [0.5, 0.6) is 0 Å². The van der Waals surface area contributed by atoms with Crippen LogP contribution in [0.1, 0.15) is 47.5 Å². The number of aliphatic carboxylic acids is 2. The number of carbonyl (C=O) groups is 5. The van der Waals surface area contributed by atoms with Gasteiger partial charge in [0.05, 0.1) is 6.42 Å². The molecule has 3 amide bonds. The van der Waals surface area contributed by atoms with Crippen LogP contribution in [0, 0.1) is 11.8 Å². The number of nitrogens with one attached hydrogen (secondary N) is 3. The van der Waals surface area contributed by atoms with E-state index in [1.165, 1.54) is 0 Å². The van der Waals surface area contributed by atoms with Gasteiger partial charge in [0, 0.05) is 9.97 Å². The number of nitrogens with two attached hydrogens (primary N) is 1. The van der Waals surface area contributed by atoms with E-state index in [9.17, 15) is 24.0 Å². The first-order chi connectivity index (χ1) is 15.1. The number of halogens is 2. The van der Waals surface area contributed by atoms with Crippen molar-refractivity contribution in [3.05, 3.63) is 0 Å². The fraction of sp³-hybridized carbons (Fsp3) is 0.750. The van der Waals surface area contributed by atoms with Crippen LogP contribution in [0.15, 0.2) is 0 Å². The molecule has 0 bridgehead atoms. The Morgan fingerprint density at radius 1 is 0.818 bits per heavy atom. The van der Waals surface area contributed by atoms with Gasteiger partial charge in [-0.25, -0.2) is 4.79 Å². The van der Waals surface area contributed by atoms with E-state index in [1.807, 2.05) is 59.0 Å². The molecule has 1 unspecified atom stereocenters. The van der Waals surface area contributed by atoms with Gasteiger partial charge in [-0.05, 0) is 18.3 Å². The van der Waals surface area contributed by atoms with Gasteiger partial charge in [0.15, 0.2) is 0 Å². The first-order valence-corrected chi connectivity index (χ1v) is 13.0. The third kappa shape index (κ3) is 11.6. The fourth-order valence-electron chi connectivity index (χ4n) is 2.89. The molecule has 0 saturated carbocycles. The van der Waals surface area contributed by atoms with Crippen LogP contribution in [-0.2, 0) is 24.0 Å². The largest absolute Gasteiger partial charge is 0.481 e. The maximum Gasteiger partial charge on any atom is 0.326 e. The third-order valence-electron chi connectivity index (χ3n) is 4.65. The van der Waals surface area contributed by atoms with Crippen LogP contribution in [0.2, 0.25) is 0 Å². The monoisotopic (exact) mass is 696 g/mol. The van der Waals surface area contributed by atoms with E-state index in [2.05, 4.69) is 16.0 Å². The molecule has 0 aromatic heterocycles. The lowest BCUT2D eigenvalue weighted by atomic mass is 9.99. The van der Waals surface area contributed by atoms with Crippen LogP contribution in [0.25, 0.3) is 0 Å². The average molecular weight is 696 g/mol. The average Bonchev–Trinajstić information content (AvgIpc) is 2.66. The molecule has 0 aliphatic rings. The van der Waals surface area contributed by atoms with E-state index in [0.29, 0.717) is 12.3 Å². The molecule has 0 saturated heterocycles. The summed E-state index contributed by atoms with van der Waals surface area (Å²) in [6.07, 6.45) is -0.176. The van der Waals surface area contributed by atoms with E-state index in [4.69, 9.17) is 15.9 Å². The highest BCUT2D eigenvalue weighted by atomic mass is 127. The van der Waals surface area contributed by atoms with Gasteiger partial charge < -0.3 is 31.9 Å². The maximum absolute atomic E-state index is 13.0. The summed E-state index contributed by atoms with van der Waals surface area (Å²) in [5, 5.41) is 25.4. The third-order valence-corrected chi connectivity index (χ3v) is 6.86. The molecular weight excluding hydrogens is 662 g/mol. The second kappa shape index (κ2) is 14.9. The highest BCUT2D eigenvalue weighted by molar-refractivity contribution is 14.1. The Morgan fingerprint density at radius 3 is 1.70 bits per heavy atom. The molecule has 0 radical (unpaired) electrons. The van der Waals surface area contributed by atoms with E-state index < -0.39 is 68.1 Å². The van der Waals surface area contributed by atoms with Crippen molar-refractivity contribution in [1.82, 2.24) is 16.0 Å². The summed E-state index contributed by atoms with van der Waals surface area (Å²) in [6.45, 7) is 9.08. The predicted octanol–water partition coefficient (Wildman–Crippen LogP) is 0.657. The summed E-state index contributed by atoms with van der Waals surface area (Å²) < 4.78 is -1.03. The van der Waals surface area contributed by atoms with Gasteiger partial charge in [-0.2, -0.15) is 0 Å². The number of hydrogen-bond acceptors (Lipinski definition) is 6. The molecule has 33 heavy (non-hydrogen) atoms. The van der Waals surface area contributed by atoms with Crippen LogP contribution in [0.3, 0.4) is 0 Å². The minimum absolute atomic E-state index is 0.300. The second-order valence-corrected chi connectivity index (χ2v) is 11.9. The SMILES string of the molecule is CC(C)C[C@@H](N)[C@@H](I)C(=O)N[C@H](C(=O)N[C@H](C(=O)N[C@@H](CC(=O)O)C(=O)O)C(C)I)C(C)C. The quantitative estimate of drug-likeness (QED) is 0.113. The summed E-state index contributed by atoms with van der Waals surface area (Å²) in [5.41, 5.74) is 6.10. The number of rotatable bonds is 14. The lowest BCUT2D eigenvalue weighted by molar-refractivity contribution is -0.147. The molecule has 0 spiro atoms. The smallest absolute Gasteiger partial charge is 0.326 e. The van der Waals surface area contributed by atoms with Crippen molar-refractivity contribution < 1.29 is 34.2 Å². The predicted molar refractivity (Wildman–Crippen MR) is 139 cm³/mol. The maximum atomic E-state index is 13.0. The highest BCUT2D eigenvalue weighted by Crippen LogP contribution is 2.15. The van der Waals surface area contributed by atoms with Crippen LogP contribution < -0.4 is 21.7 Å². The lowest BCUT2D eigenvalue weighted by Crippen LogP contribution is -2.60. The topological polar surface area (TPSA) is 188 Å². The van der Waals surface area contributed by atoms with Crippen molar-refractivity contribution in [2.75, 3.05) is 0 Å². The number of carboxylic acids is 2. The Bertz CT molecular complexity index is 719. The van der Waals surface area contributed by atoms with E-state index in [1.54, 1.807) is 20.8 Å². The van der Waals surface area contributed by atoms with Gasteiger partial charge >= 0.3 is 11.9 Å². The Balaban J connectivity index is 5.41. The standard InChI is InChI=1S/C20H34I2N4O7/c1-8(2)6-11(23)14(22)17(29)25-15(9(3)4)18(30)26-16(10(5)21)19(31)24-12(20(32)33)7-13(27)28/h8-12,14-16H,6-7,23H2,1-5H3,(H,24,31)(H,25,29)(H,26,30)(H,27,28)(H,32,33)/t10?,11-,12+,14-,15+,16+/m1/s1. The summed E-state index contributed by atoms with van der Waals surface area (Å²) in [6, 6.07) is -4.14. The normalized spacial score (nSPS) is 16.8. The van der Waals surface area contributed by atoms with Crippen LogP contribution in [0.4, 0.5) is 0 Å². The van der Waals surface area contributed by atoms with Gasteiger partial charge in [0.1, 0.15) is 22.1 Å². The van der Waals surface area contributed by atoms with Crippen molar-refractivity contribution in [3.63, 3.8) is 0 Å². The van der Waals surface area contributed by atoms with E-state index >= 15 is 0 Å². The molecule has 0 aromatic rings. The van der Waals surface area contributed by atoms with Crippen LogP contribution >= 0.6 is 45.2 Å². The fourth-order valence-corrected chi connectivity index (χ4v) is 3.87. The van der Waals surface area contributed by atoms with E-state index in [0.717, 1.165) is 0 Å². The number of amides is 3. The summed E-state index contributed by atoms with van der Waals surface area (Å²) in [4.78, 5) is 60.4. The number of carboxylic acid groups (broad SMARTS) is 2. The molecule has 0 aliphatic heterocycles. The molecule has 0 aliphatic carbocycles. The molecule has 0 heterocycles. The number of alkyl halides is 2. The van der Waals surface area contributed by atoms with Gasteiger partial charge in [-0.1, -0.05) is 79.8 Å². The molecule has 0 rings (SSSR count). The van der Waals surface area contributed by atoms with Crippen LogP contribution in [-0.4, -0.2) is 71.9 Å². The molecule has 13 heteroatoms. The summed E-state index contributed by atoms with van der Waals surface area (Å²) in [5.74, 6) is -4.76. The Hall–Kier alpha value is -1.23. The number of carbonyl (C=O) groups excluding carboxylic acids is 3. The molecule has 0 fully saturated rings. The van der Waals surface area contributed by atoms with Gasteiger partial charge in [0.2, 0.25) is 17.7 Å².